The molecule has 1 rings (SSSR count). The highest BCUT2D eigenvalue weighted by Gasteiger charge is 2.26. The third-order valence-corrected chi connectivity index (χ3v) is 4.45. The lowest BCUT2D eigenvalue weighted by atomic mass is 9.91. The molecule has 1 aromatic heterocycles. The summed E-state index contributed by atoms with van der Waals surface area (Å²) in [4.78, 5) is 16.1. The van der Waals surface area contributed by atoms with Crippen molar-refractivity contribution in [1.29, 1.82) is 0 Å². The minimum Gasteiger partial charge on any atom is -0.477 e. The summed E-state index contributed by atoms with van der Waals surface area (Å²) in [6.07, 6.45) is 0. The first kappa shape index (κ1) is 14.5. The summed E-state index contributed by atoms with van der Waals surface area (Å²) in [5.41, 5.74) is 0.486. The normalized spacial score (nSPS) is 12.1. The summed E-state index contributed by atoms with van der Waals surface area (Å²) in [5, 5.41) is 10.6. The molecule has 1 N–H and O–H groups in total. The Morgan fingerprint density at radius 3 is 2.41 bits per heavy atom. The molecule has 1 heterocycles. The molecule has 0 aliphatic rings. The summed E-state index contributed by atoms with van der Waals surface area (Å²) in [7, 11) is 0. The van der Waals surface area contributed by atoms with Crippen molar-refractivity contribution in [2.45, 2.75) is 51.0 Å². The van der Waals surface area contributed by atoms with Gasteiger partial charge >= 0.3 is 5.97 Å². The van der Waals surface area contributed by atoms with Crippen LogP contribution in [0.2, 0.25) is 0 Å². The third-order valence-electron chi connectivity index (χ3n) is 2.12. The molecule has 0 aliphatic heterocycles. The zero-order valence-electron chi connectivity index (χ0n) is 10.9. The first-order valence-corrected chi connectivity index (χ1v) is 7.43. The highest BCUT2D eigenvalue weighted by molar-refractivity contribution is 7.99. The molecule has 96 valence electrons. The Labute approximate surface area is 111 Å². The van der Waals surface area contributed by atoms with Gasteiger partial charge in [0.05, 0.1) is 5.69 Å². The maximum Gasteiger partial charge on any atom is 0.347 e. The smallest absolute Gasteiger partial charge is 0.347 e. The molecule has 0 radical (unpaired) electrons. The maximum absolute atomic E-state index is 11.2. The molecule has 3 nitrogen and oxygen atoms in total. The average molecular weight is 273 g/mol. The number of aromatic nitrogens is 1. The van der Waals surface area contributed by atoms with Gasteiger partial charge in [0, 0.05) is 11.2 Å². The molecule has 0 spiro atoms. The molecule has 0 unspecified atom stereocenters. The van der Waals surface area contributed by atoms with Crippen molar-refractivity contribution < 1.29 is 9.90 Å². The van der Waals surface area contributed by atoms with E-state index in [1.54, 1.807) is 11.8 Å². The Kier molecular flexibility index (Phi) is 4.61. The molecule has 0 aliphatic carbocycles. The first-order valence-electron chi connectivity index (χ1n) is 5.57. The predicted molar refractivity (Wildman–Crippen MR) is 74.2 cm³/mol. The minimum absolute atomic E-state index is 0.217. The van der Waals surface area contributed by atoms with E-state index in [-0.39, 0.29) is 5.41 Å². The Hall–Kier alpha value is -0.550. The second-order valence-electron chi connectivity index (χ2n) is 5.20. The van der Waals surface area contributed by atoms with Crippen LogP contribution >= 0.6 is 23.1 Å². The van der Waals surface area contributed by atoms with Crippen molar-refractivity contribution in [1.82, 2.24) is 4.98 Å². The van der Waals surface area contributed by atoms with Gasteiger partial charge in [-0.1, -0.05) is 34.6 Å². The van der Waals surface area contributed by atoms with Crippen LogP contribution in [0.1, 0.15) is 55.0 Å². The highest BCUT2D eigenvalue weighted by atomic mass is 32.2. The molecule has 17 heavy (non-hydrogen) atoms. The number of carbonyl (C=O) groups is 1. The van der Waals surface area contributed by atoms with E-state index in [1.807, 2.05) is 20.8 Å². The maximum atomic E-state index is 11.2. The number of hydrogen-bond acceptors (Lipinski definition) is 4. The van der Waals surface area contributed by atoms with Crippen molar-refractivity contribution in [2.24, 2.45) is 0 Å². The van der Waals surface area contributed by atoms with Crippen LogP contribution in [-0.4, -0.2) is 21.3 Å². The van der Waals surface area contributed by atoms with Crippen molar-refractivity contribution >= 4 is 29.1 Å². The summed E-state index contributed by atoms with van der Waals surface area (Å²) in [6, 6.07) is 0. The standard InChI is InChI=1S/C12H19NO2S2/c1-7(2)16-6-8-13-10(12(3,4)5)9(17-8)11(14)15/h7H,6H2,1-5H3,(H,14,15). The summed E-state index contributed by atoms with van der Waals surface area (Å²) >= 11 is 3.09. The van der Waals surface area contributed by atoms with Gasteiger partial charge in [0.2, 0.25) is 0 Å². The van der Waals surface area contributed by atoms with E-state index >= 15 is 0 Å². The van der Waals surface area contributed by atoms with Gasteiger partial charge < -0.3 is 5.11 Å². The lowest BCUT2D eigenvalue weighted by molar-refractivity contribution is 0.0699. The zero-order chi connectivity index (χ0) is 13.2. The van der Waals surface area contributed by atoms with Crippen LogP contribution in [0.15, 0.2) is 0 Å². The van der Waals surface area contributed by atoms with Crippen LogP contribution < -0.4 is 0 Å². The van der Waals surface area contributed by atoms with Crippen molar-refractivity contribution in [3.63, 3.8) is 0 Å². The second kappa shape index (κ2) is 5.40. The van der Waals surface area contributed by atoms with E-state index in [2.05, 4.69) is 18.8 Å². The van der Waals surface area contributed by atoms with E-state index in [0.29, 0.717) is 15.8 Å². The Bertz CT molecular complexity index is 405. The van der Waals surface area contributed by atoms with E-state index in [9.17, 15) is 9.90 Å². The number of nitrogens with zero attached hydrogens (tertiary/aromatic N) is 1. The van der Waals surface area contributed by atoms with Crippen LogP contribution in [0.5, 0.6) is 0 Å². The fourth-order valence-electron chi connectivity index (χ4n) is 1.32. The summed E-state index contributed by atoms with van der Waals surface area (Å²) < 4.78 is 0. The topological polar surface area (TPSA) is 50.2 Å². The lowest BCUT2D eigenvalue weighted by Crippen LogP contribution is -2.16. The van der Waals surface area contributed by atoms with Gasteiger partial charge in [-0.15, -0.1) is 11.3 Å². The van der Waals surface area contributed by atoms with Crippen LogP contribution in [0, 0.1) is 0 Å². The van der Waals surface area contributed by atoms with Crippen LogP contribution in [0.25, 0.3) is 0 Å². The molecule has 1 aromatic rings. The predicted octanol–water partition coefficient (Wildman–Crippen LogP) is 3.78. The van der Waals surface area contributed by atoms with E-state index in [1.165, 1.54) is 11.3 Å². The number of hydrogen-bond donors (Lipinski definition) is 1. The molecular weight excluding hydrogens is 254 g/mol. The van der Waals surface area contributed by atoms with Gasteiger partial charge in [0.25, 0.3) is 0 Å². The number of aromatic carboxylic acids is 1. The average Bonchev–Trinajstić information content (AvgIpc) is 2.57. The SMILES string of the molecule is CC(C)SCc1nc(C(C)(C)C)c(C(=O)O)s1. The van der Waals surface area contributed by atoms with E-state index in [4.69, 9.17) is 0 Å². The monoisotopic (exact) mass is 273 g/mol. The van der Waals surface area contributed by atoms with Gasteiger partial charge in [-0.25, -0.2) is 9.78 Å². The van der Waals surface area contributed by atoms with Gasteiger partial charge in [-0.3, -0.25) is 0 Å². The van der Waals surface area contributed by atoms with E-state index < -0.39 is 5.97 Å². The van der Waals surface area contributed by atoms with Crippen LogP contribution in [-0.2, 0) is 11.2 Å². The summed E-state index contributed by atoms with van der Waals surface area (Å²) in [6.45, 7) is 10.2. The molecule has 0 saturated carbocycles. The first-order chi connectivity index (χ1) is 7.71. The number of carboxylic acid groups (broad SMARTS) is 1. The van der Waals surface area contributed by atoms with Crippen molar-refractivity contribution in [3.05, 3.63) is 15.6 Å². The molecule has 0 fully saturated rings. The van der Waals surface area contributed by atoms with Gasteiger partial charge in [0.15, 0.2) is 0 Å². The fraction of sp³-hybridized carbons (Fsp3) is 0.667. The summed E-state index contributed by atoms with van der Waals surface area (Å²) in [5.74, 6) is -0.0770. The molecular formula is C12H19NO2S2. The third kappa shape index (κ3) is 4.00. The fourth-order valence-corrected chi connectivity index (χ4v) is 3.21. The lowest BCUT2D eigenvalue weighted by Gasteiger charge is -2.16. The number of thiazole rings is 1. The Morgan fingerprint density at radius 2 is 2.06 bits per heavy atom. The second-order valence-corrected chi connectivity index (χ2v) is 7.85. The molecule has 0 amide bonds. The molecule has 0 saturated heterocycles. The van der Waals surface area contributed by atoms with E-state index in [0.717, 1.165) is 10.8 Å². The number of carboxylic acids is 1. The van der Waals surface area contributed by atoms with Crippen LogP contribution in [0.4, 0.5) is 0 Å². The molecule has 5 heteroatoms. The quantitative estimate of drug-likeness (QED) is 0.907. The zero-order valence-corrected chi connectivity index (χ0v) is 12.5. The van der Waals surface area contributed by atoms with Crippen molar-refractivity contribution in [3.8, 4) is 0 Å². The number of thioether (sulfide) groups is 1. The molecule has 0 aromatic carbocycles. The van der Waals surface area contributed by atoms with Gasteiger partial charge in [0.1, 0.15) is 9.88 Å². The van der Waals surface area contributed by atoms with Crippen LogP contribution in [0.3, 0.4) is 0 Å². The highest BCUT2D eigenvalue weighted by Crippen LogP contribution is 2.31. The Morgan fingerprint density at radius 1 is 1.47 bits per heavy atom. The molecule has 0 bridgehead atoms. The van der Waals surface area contributed by atoms with Gasteiger partial charge in [-0.05, 0) is 5.25 Å². The van der Waals surface area contributed by atoms with Crippen molar-refractivity contribution in [2.75, 3.05) is 0 Å². The minimum atomic E-state index is -0.867. The largest absolute Gasteiger partial charge is 0.477 e. The molecule has 0 atom stereocenters. The van der Waals surface area contributed by atoms with Gasteiger partial charge in [-0.2, -0.15) is 11.8 Å². The number of rotatable bonds is 4. The Balaban J connectivity index is 3.01.